The van der Waals surface area contributed by atoms with Gasteiger partial charge in [-0.25, -0.2) is 29.1 Å². The second-order valence-corrected chi connectivity index (χ2v) is 8.88. The fourth-order valence-corrected chi connectivity index (χ4v) is 3.61. The van der Waals surface area contributed by atoms with E-state index in [0.717, 1.165) is 11.3 Å². The molecule has 0 saturated heterocycles. The monoisotopic (exact) mass is 392 g/mol. The molecule has 3 N–H and O–H groups in total. The van der Waals surface area contributed by atoms with Gasteiger partial charge in [0.2, 0.25) is 0 Å². The zero-order chi connectivity index (χ0) is 19.5. The first-order valence-corrected chi connectivity index (χ1v) is 10.6. The summed E-state index contributed by atoms with van der Waals surface area (Å²) in [4.78, 5) is 16.8. The van der Waals surface area contributed by atoms with E-state index in [1.165, 1.54) is 17.8 Å². The molecule has 0 bridgehead atoms. The molecule has 2 rings (SSSR count). The van der Waals surface area contributed by atoms with E-state index in [-0.39, 0.29) is 16.6 Å². The van der Waals surface area contributed by atoms with Gasteiger partial charge in [-0.2, -0.15) is 0 Å². The van der Waals surface area contributed by atoms with Gasteiger partial charge in [-0.15, -0.1) is 6.42 Å². The summed E-state index contributed by atoms with van der Waals surface area (Å²) in [7, 11) is -3.37. The Morgan fingerprint density at radius 2 is 2.15 bits per heavy atom. The number of carbonyl (C=O) groups is 1. The summed E-state index contributed by atoms with van der Waals surface area (Å²) in [5.74, 6) is 8.90. The summed E-state index contributed by atoms with van der Waals surface area (Å²) < 4.78 is 23.8. The number of nitrogens with one attached hydrogen (secondary N) is 1. The lowest BCUT2D eigenvalue weighted by atomic mass is 9.95. The first-order chi connectivity index (χ1) is 12.1. The van der Waals surface area contributed by atoms with Gasteiger partial charge in [0.25, 0.3) is 0 Å². The molecule has 0 radical (unpaired) electrons. The number of carbonyl (C=O) groups excluding carboxylic acids is 1. The van der Waals surface area contributed by atoms with Crippen molar-refractivity contribution in [3.63, 3.8) is 0 Å². The number of aliphatic imine (C=N–C) groups is 1. The van der Waals surface area contributed by atoms with Gasteiger partial charge in [0.15, 0.2) is 20.8 Å². The molecular formula is C17H20N4O3S2. The third kappa shape index (κ3) is 4.46. The van der Waals surface area contributed by atoms with Crippen LogP contribution in [0.5, 0.6) is 0 Å². The largest absolute Gasteiger partial charge is 0.343 e. The van der Waals surface area contributed by atoms with Gasteiger partial charge in [0.1, 0.15) is 0 Å². The maximum Gasteiger partial charge on any atom is 0.343 e. The molecule has 7 nitrogen and oxygen atoms in total. The number of sulfone groups is 1. The predicted molar refractivity (Wildman–Crippen MR) is 105 cm³/mol. The second kappa shape index (κ2) is 7.95. The molecule has 1 aliphatic rings. The normalized spacial score (nSPS) is 16.8. The number of nitrogens with two attached hydrogens (primary N) is 1. The Morgan fingerprint density at radius 3 is 2.73 bits per heavy atom. The van der Waals surface area contributed by atoms with Crippen LogP contribution in [0, 0.1) is 18.3 Å². The van der Waals surface area contributed by atoms with E-state index >= 15 is 0 Å². The Hall–Kier alpha value is -2.28. The average Bonchev–Trinajstić information content (AvgIpc) is 2.56. The van der Waals surface area contributed by atoms with Crippen LogP contribution in [-0.2, 0) is 9.84 Å². The number of hydrogen-bond acceptors (Lipinski definition) is 6. The minimum Gasteiger partial charge on any atom is -0.285 e. The van der Waals surface area contributed by atoms with E-state index in [1.807, 2.05) is 13.8 Å². The zero-order valence-corrected chi connectivity index (χ0v) is 16.3. The Morgan fingerprint density at radius 1 is 1.46 bits per heavy atom. The van der Waals surface area contributed by atoms with Crippen molar-refractivity contribution in [3.05, 3.63) is 35.6 Å². The Kier molecular flexibility index (Phi) is 6.13. The molecule has 0 saturated carbocycles. The molecule has 1 aromatic rings. The highest BCUT2D eigenvalue weighted by atomic mass is 32.2. The van der Waals surface area contributed by atoms with E-state index in [9.17, 15) is 13.2 Å². The third-order valence-electron chi connectivity index (χ3n) is 3.55. The molecule has 0 unspecified atom stereocenters. The highest BCUT2D eigenvalue weighted by Crippen LogP contribution is 2.31. The van der Waals surface area contributed by atoms with Crippen molar-refractivity contribution in [2.24, 2.45) is 16.8 Å². The summed E-state index contributed by atoms with van der Waals surface area (Å²) in [5, 5.41) is 3.83. The lowest BCUT2D eigenvalue weighted by molar-refractivity contribution is 0.215. The lowest BCUT2D eigenvalue weighted by Crippen LogP contribution is -2.49. The number of benzene rings is 1. The van der Waals surface area contributed by atoms with Crippen LogP contribution in [0.25, 0.3) is 5.57 Å². The van der Waals surface area contributed by atoms with E-state index in [1.54, 1.807) is 18.2 Å². The van der Waals surface area contributed by atoms with Crippen molar-refractivity contribution in [1.82, 2.24) is 10.3 Å². The first kappa shape index (κ1) is 20.0. The van der Waals surface area contributed by atoms with Crippen molar-refractivity contribution in [1.29, 1.82) is 0 Å². The fraction of sp³-hybridized carbons (Fsp3) is 0.294. The van der Waals surface area contributed by atoms with Gasteiger partial charge in [0.05, 0.1) is 10.6 Å². The molecule has 2 amide bonds. The number of hydrazine groups is 1. The standard InChI is InChI=1S/C17H20N4O3S2/c1-5-9-25-16-19-15(21(18)17(22)20-16)14(11(2)3)12-7-6-8-13(10-12)26(4,23)24/h1,6-8,10-11H,9,18H2,2-4H3,(H,19,20,22)/b15-14+. The van der Waals surface area contributed by atoms with Crippen LogP contribution in [-0.4, -0.2) is 36.6 Å². The van der Waals surface area contributed by atoms with Crippen LogP contribution in [0.15, 0.2) is 40.0 Å². The number of amidine groups is 1. The number of amides is 2. The molecule has 1 heterocycles. The van der Waals surface area contributed by atoms with Crippen LogP contribution >= 0.6 is 11.8 Å². The van der Waals surface area contributed by atoms with Gasteiger partial charge >= 0.3 is 6.03 Å². The van der Waals surface area contributed by atoms with Gasteiger partial charge in [-0.3, -0.25) is 5.32 Å². The highest BCUT2D eigenvalue weighted by molar-refractivity contribution is 8.14. The molecule has 1 aromatic carbocycles. The van der Waals surface area contributed by atoms with Gasteiger partial charge < -0.3 is 0 Å². The quantitative estimate of drug-likeness (QED) is 0.463. The second-order valence-electron chi connectivity index (χ2n) is 5.90. The molecule has 138 valence electrons. The minimum absolute atomic E-state index is 0.0700. The average molecular weight is 393 g/mol. The van der Waals surface area contributed by atoms with E-state index in [2.05, 4.69) is 16.2 Å². The summed E-state index contributed by atoms with van der Waals surface area (Å²) in [6.07, 6.45) is 6.40. The van der Waals surface area contributed by atoms with Crippen LogP contribution in [0.3, 0.4) is 0 Å². The van der Waals surface area contributed by atoms with Gasteiger partial charge in [0, 0.05) is 11.8 Å². The number of hydrogen-bond donors (Lipinski definition) is 2. The first-order valence-electron chi connectivity index (χ1n) is 7.70. The zero-order valence-electron chi connectivity index (χ0n) is 14.7. The number of thioether (sulfide) groups is 1. The molecule has 0 fully saturated rings. The maximum atomic E-state index is 12.2. The lowest BCUT2D eigenvalue weighted by Gasteiger charge is -2.27. The van der Waals surface area contributed by atoms with Crippen LogP contribution in [0.4, 0.5) is 4.79 Å². The van der Waals surface area contributed by atoms with Crippen LogP contribution < -0.4 is 11.2 Å². The number of rotatable bonds is 4. The number of terminal acetylenes is 1. The Balaban J connectivity index is 2.67. The Labute approximate surface area is 157 Å². The smallest absolute Gasteiger partial charge is 0.285 e. The van der Waals surface area contributed by atoms with Crippen LogP contribution in [0.2, 0.25) is 0 Å². The molecule has 0 spiro atoms. The van der Waals surface area contributed by atoms with Crippen LogP contribution in [0.1, 0.15) is 19.4 Å². The maximum absolute atomic E-state index is 12.2. The predicted octanol–water partition coefficient (Wildman–Crippen LogP) is 2.04. The van der Waals surface area contributed by atoms with Crippen molar-refractivity contribution < 1.29 is 13.2 Å². The highest BCUT2D eigenvalue weighted by Gasteiger charge is 2.27. The van der Waals surface area contributed by atoms with E-state index in [0.29, 0.717) is 22.1 Å². The topological polar surface area (TPSA) is 105 Å². The minimum atomic E-state index is -3.37. The number of nitrogens with zero attached hydrogens (tertiary/aromatic N) is 2. The molecule has 0 atom stereocenters. The molecule has 9 heteroatoms. The summed E-state index contributed by atoms with van der Waals surface area (Å²) in [5.41, 5.74) is 1.29. The molecule has 0 aliphatic carbocycles. The van der Waals surface area contributed by atoms with Gasteiger partial charge in [-0.1, -0.05) is 43.7 Å². The molecule has 1 aliphatic heterocycles. The van der Waals surface area contributed by atoms with E-state index < -0.39 is 15.9 Å². The van der Waals surface area contributed by atoms with Gasteiger partial charge in [-0.05, 0) is 23.6 Å². The molecule has 26 heavy (non-hydrogen) atoms. The van der Waals surface area contributed by atoms with Crippen molar-refractivity contribution in [2.45, 2.75) is 18.7 Å². The third-order valence-corrected chi connectivity index (χ3v) is 5.44. The summed E-state index contributed by atoms with van der Waals surface area (Å²) in [6.45, 7) is 3.83. The molecular weight excluding hydrogens is 372 g/mol. The van der Waals surface area contributed by atoms with Crippen molar-refractivity contribution in [2.75, 3.05) is 12.0 Å². The number of urea groups is 1. The van der Waals surface area contributed by atoms with Crippen molar-refractivity contribution in [3.8, 4) is 12.3 Å². The van der Waals surface area contributed by atoms with Crippen molar-refractivity contribution >= 4 is 38.4 Å². The summed E-state index contributed by atoms with van der Waals surface area (Å²) in [6, 6.07) is 5.96. The van der Waals surface area contributed by atoms with E-state index in [4.69, 9.17) is 12.3 Å². The SMILES string of the molecule is C#CCSC1=N/C(=C(\c2cccc(S(C)(=O)=O)c2)C(C)C)N(N)C(=O)N1. The summed E-state index contributed by atoms with van der Waals surface area (Å²) >= 11 is 1.21. The molecule has 0 aromatic heterocycles. The number of allylic oxidation sites excluding steroid dienone is 1. The fourth-order valence-electron chi connectivity index (χ4n) is 2.41. The Bertz CT molecular complexity index is 928.